The van der Waals surface area contributed by atoms with E-state index >= 15 is 0 Å². The molecule has 0 bridgehead atoms. The van der Waals surface area contributed by atoms with Crippen LogP contribution in [0.3, 0.4) is 0 Å². The van der Waals surface area contributed by atoms with Crippen LogP contribution in [0.25, 0.3) is 0 Å². The fourth-order valence-corrected chi connectivity index (χ4v) is 2.99. The van der Waals surface area contributed by atoms with Crippen molar-refractivity contribution in [2.75, 3.05) is 20.2 Å². The summed E-state index contributed by atoms with van der Waals surface area (Å²) in [6.45, 7) is 5.40. The lowest BCUT2D eigenvalue weighted by atomic mass is 9.86. The number of carbonyl (C=O) groups is 2. The van der Waals surface area contributed by atoms with Crippen molar-refractivity contribution in [2.24, 2.45) is 11.8 Å². The van der Waals surface area contributed by atoms with Gasteiger partial charge in [0.1, 0.15) is 0 Å². The maximum Gasteiger partial charge on any atom is 0.310 e. The van der Waals surface area contributed by atoms with E-state index in [0.717, 1.165) is 13.1 Å². The van der Waals surface area contributed by atoms with Gasteiger partial charge in [-0.05, 0) is 19.3 Å². The summed E-state index contributed by atoms with van der Waals surface area (Å²) >= 11 is 0. The van der Waals surface area contributed by atoms with Gasteiger partial charge in [-0.25, -0.2) is 0 Å². The molecule has 1 heterocycles. The first-order valence-electron chi connectivity index (χ1n) is 7.63. The molecule has 0 aromatic carbocycles. The molecule has 1 saturated carbocycles. The number of esters is 1. The molecular formula is C15H26N2O3. The molecule has 1 amide bonds. The van der Waals surface area contributed by atoms with E-state index in [1.54, 1.807) is 0 Å². The maximum absolute atomic E-state index is 11.9. The van der Waals surface area contributed by atoms with Crippen molar-refractivity contribution in [3.63, 3.8) is 0 Å². The monoisotopic (exact) mass is 282 g/mol. The zero-order valence-electron chi connectivity index (χ0n) is 12.7. The number of piperidine rings is 1. The third kappa shape index (κ3) is 3.51. The molecule has 2 unspecified atom stereocenters. The molecule has 2 atom stereocenters. The Balaban J connectivity index is 1.99. The first-order chi connectivity index (χ1) is 9.51. The molecule has 2 fully saturated rings. The average Bonchev–Trinajstić information content (AvgIpc) is 2.35. The average molecular weight is 282 g/mol. The molecule has 0 aromatic heterocycles. The van der Waals surface area contributed by atoms with Crippen LogP contribution >= 0.6 is 0 Å². The van der Waals surface area contributed by atoms with Gasteiger partial charge in [-0.3, -0.25) is 14.5 Å². The molecule has 1 saturated heterocycles. The molecule has 0 spiro atoms. The predicted octanol–water partition coefficient (Wildman–Crippen LogP) is 1.17. The zero-order valence-corrected chi connectivity index (χ0v) is 12.7. The molecule has 5 nitrogen and oxygen atoms in total. The van der Waals surface area contributed by atoms with E-state index in [2.05, 4.69) is 10.2 Å². The lowest BCUT2D eigenvalue weighted by Crippen LogP contribution is -2.57. The highest BCUT2D eigenvalue weighted by molar-refractivity contribution is 5.78. The minimum Gasteiger partial charge on any atom is -0.469 e. The summed E-state index contributed by atoms with van der Waals surface area (Å²) in [5.74, 6) is -0.232. The maximum atomic E-state index is 11.9. The molecule has 1 aliphatic heterocycles. The Labute approximate surface area is 121 Å². The van der Waals surface area contributed by atoms with E-state index in [-0.39, 0.29) is 29.8 Å². The number of methoxy groups -OCH3 is 1. The van der Waals surface area contributed by atoms with E-state index in [0.29, 0.717) is 12.5 Å². The Morgan fingerprint density at radius 3 is 2.45 bits per heavy atom. The second-order valence-electron chi connectivity index (χ2n) is 6.35. The van der Waals surface area contributed by atoms with E-state index in [1.807, 2.05) is 13.8 Å². The number of likely N-dealkylation sites (tertiary alicyclic amines) is 1. The van der Waals surface area contributed by atoms with Gasteiger partial charge in [0.05, 0.1) is 13.0 Å². The fourth-order valence-electron chi connectivity index (χ4n) is 2.99. The van der Waals surface area contributed by atoms with Crippen molar-refractivity contribution >= 4 is 11.9 Å². The van der Waals surface area contributed by atoms with Crippen LogP contribution in [-0.4, -0.2) is 49.1 Å². The Morgan fingerprint density at radius 2 is 1.95 bits per heavy atom. The van der Waals surface area contributed by atoms with E-state index < -0.39 is 0 Å². The molecule has 20 heavy (non-hydrogen) atoms. The summed E-state index contributed by atoms with van der Waals surface area (Å²) in [6, 6.07) is 0.643. The van der Waals surface area contributed by atoms with Gasteiger partial charge >= 0.3 is 5.97 Å². The summed E-state index contributed by atoms with van der Waals surface area (Å²) in [5, 5.41) is 3.07. The number of nitrogens with zero attached hydrogens (tertiary/aromatic N) is 1. The topological polar surface area (TPSA) is 58.6 Å². The van der Waals surface area contributed by atoms with Crippen LogP contribution in [0.4, 0.5) is 0 Å². The van der Waals surface area contributed by atoms with Gasteiger partial charge in [-0.15, -0.1) is 0 Å². The predicted molar refractivity (Wildman–Crippen MR) is 76.1 cm³/mol. The summed E-state index contributed by atoms with van der Waals surface area (Å²) in [6.07, 6.45) is 4.37. The van der Waals surface area contributed by atoms with Crippen molar-refractivity contribution in [1.82, 2.24) is 10.2 Å². The SMILES string of the molecule is COC(=O)C1CC(NC(=O)C(C)C)CN(C2CCC2)C1. The molecule has 2 aliphatic rings. The van der Waals surface area contributed by atoms with Gasteiger partial charge in [0, 0.05) is 31.1 Å². The van der Waals surface area contributed by atoms with Crippen LogP contribution in [0, 0.1) is 11.8 Å². The molecule has 1 N–H and O–H groups in total. The number of ether oxygens (including phenoxy) is 1. The van der Waals surface area contributed by atoms with Crippen molar-refractivity contribution in [1.29, 1.82) is 0 Å². The normalized spacial score (nSPS) is 28.0. The second kappa shape index (κ2) is 6.57. The highest BCUT2D eigenvalue weighted by Crippen LogP contribution is 2.29. The summed E-state index contributed by atoms with van der Waals surface area (Å²) in [5.41, 5.74) is 0. The molecule has 0 radical (unpaired) electrons. The van der Waals surface area contributed by atoms with Gasteiger partial charge < -0.3 is 10.1 Å². The smallest absolute Gasteiger partial charge is 0.310 e. The summed E-state index contributed by atoms with van der Waals surface area (Å²) in [7, 11) is 1.44. The third-order valence-electron chi connectivity index (χ3n) is 4.48. The van der Waals surface area contributed by atoms with E-state index in [9.17, 15) is 9.59 Å². The Morgan fingerprint density at radius 1 is 1.25 bits per heavy atom. The van der Waals surface area contributed by atoms with Crippen molar-refractivity contribution in [3.05, 3.63) is 0 Å². The van der Waals surface area contributed by atoms with Crippen LogP contribution < -0.4 is 5.32 Å². The Kier molecular flexibility index (Phi) is 5.02. The number of hydrogen-bond donors (Lipinski definition) is 1. The van der Waals surface area contributed by atoms with E-state index in [4.69, 9.17) is 4.74 Å². The van der Waals surface area contributed by atoms with Gasteiger partial charge in [0.25, 0.3) is 0 Å². The highest BCUT2D eigenvalue weighted by Gasteiger charge is 2.37. The van der Waals surface area contributed by atoms with Crippen molar-refractivity contribution < 1.29 is 14.3 Å². The second-order valence-corrected chi connectivity index (χ2v) is 6.35. The quantitative estimate of drug-likeness (QED) is 0.787. The number of rotatable bonds is 4. The minimum atomic E-state index is -0.155. The number of nitrogens with one attached hydrogen (secondary N) is 1. The summed E-state index contributed by atoms with van der Waals surface area (Å²) in [4.78, 5) is 26.1. The van der Waals surface area contributed by atoms with Gasteiger partial charge in [-0.1, -0.05) is 20.3 Å². The van der Waals surface area contributed by atoms with Gasteiger partial charge in [0.2, 0.25) is 5.91 Å². The first-order valence-corrected chi connectivity index (χ1v) is 7.63. The number of hydrogen-bond acceptors (Lipinski definition) is 4. The molecule has 114 valence electrons. The minimum absolute atomic E-state index is 0.0225. The van der Waals surface area contributed by atoms with Gasteiger partial charge in [-0.2, -0.15) is 0 Å². The lowest BCUT2D eigenvalue weighted by Gasteiger charge is -2.44. The molecule has 1 aliphatic carbocycles. The van der Waals surface area contributed by atoms with Crippen LogP contribution in [0.5, 0.6) is 0 Å². The van der Waals surface area contributed by atoms with Crippen LogP contribution in [0.1, 0.15) is 39.5 Å². The van der Waals surface area contributed by atoms with Crippen molar-refractivity contribution in [3.8, 4) is 0 Å². The number of carbonyl (C=O) groups excluding carboxylic acids is 2. The van der Waals surface area contributed by atoms with Crippen LogP contribution in [-0.2, 0) is 14.3 Å². The Bertz CT molecular complexity index is 366. The largest absolute Gasteiger partial charge is 0.469 e. The molecule has 5 heteroatoms. The van der Waals surface area contributed by atoms with Crippen LogP contribution in [0.2, 0.25) is 0 Å². The lowest BCUT2D eigenvalue weighted by molar-refractivity contribution is -0.149. The third-order valence-corrected chi connectivity index (χ3v) is 4.48. The highest BCUT2D eigenvalue weighted by atomic mass is 16.5. The van der Waals surface area contributed by atoms with Gasteiger partial charge in [0.15, 0.2) is 0 Å². The summed E-state index contributed by atoms with van der Waals surface area (Å²) < 4.78 is 4.89. The van der Waals surface area contributed by atoms with Crippen molar-refractivity contribution in [2.45, 2.75) is 51.6 Å². The standard InChI is InChI=1S/C15H26N2O3/c1-10(2)14(18)16-12-7-11(15(19)20-3)8-17(9-12)13-5-4-6-13/h10-13H,4-9H2,1-3H3,(H,16,18). The van der Waals surface area contributed by atoms with Crippen LogP contribution in [0.15, 0.2) is 0 Å². The molecule has 2 rings (SSSR count). The first kappa shape index (κ1) is 15.3. The van der Waals surface area contributed by atoms with E-state index in [1.165, 1.54) is 26.4 Å². The molecule has 0 aromatic rings. The zero-order chi connectivity index (χ0) is 14.7. The Hall–Kier alpha value is -1.10. The fraction of sp³-hybridized carbons (Fsp3) is 0.867. The number of amides is 1. The molecular weight excluding hydrogens is 256 g/mol.